The molecule has 0 saturated heterocycles. The van der Waals surface area contributed by atoms with Gasteiger partial charge in [0.2, 0.25) is 5.91 Å². The predicted molar refractivity (Wildman–Crippen MR) is 95.8 cm³/mol. The zero-order valence-electron chi connectivity index (χ0n) is 15.3. The van der Waals surface area contributed by atoms with Crippen molar-refractivity contribution in [2.75, 3.05) is 27.3 Å². The van der Waals surface area contributed by atoms with Crippen LogP contribution in [0.25, 0.3) is 0 Å². The summed E-state index contributed by atoms with van der Waals surface area (Å²) in [5.41, 5.74) is 0.749. The average molecular weight is 374 g/mol. The SMILES string of the molecule is COc1ccc(CC(=O)OCC(=O)N(C)CC(=O)NCc2ccco2)cc1. The van der Waals surface area contributed by atoms with E-state index in [2.05, 4.69) is 5.32 Å². The molecule has 0 aliphatic rings. The largest absolute Gasteiger partial charge is 0.497 e. The minimum atomic E-state index is -0.524. The molecule has 0 radical (unpaired) electrons. The highest BCUT2D eigenvalue weighted by Gasteiger charge is 2.15. The van der Waals surface area contributed by atoms with Crippen LogP contribution in [0, 0.1) is 0 Å². The molecule has 0 spiro atoms. The molecule has 0 saturated carbocycles. The molecule has 1 heterocycles. The summed E-state index contributed by atoms with van der Waals surface area (Å²) in [7, 11) is 3.02. The first-order valence-electron chi connectivity index (χ1n) is 8.29. The first kappa shape index (κ1) is 20.0. The van der Waals surface area contributed by atoms with Gasteiger partial charge in [-0.3, -0.25) is 14.4 Å². The maximum absolute atomic E-state index is 12.0. The van der Waals surface area contributed by atoms with Crippen molar-refractivity contribution in [1.82, 2.24) is 10.2 Å². The molecular formula is C19H22N2O6. The van der Waals surface area contributed by atoms with Crippen LogP contribution in [0.3, 0.4) is 0 Å². The van der Waals surface area contributed by atoms with Crippen LogP contribution in [0.2, 0.25) is 0 Å². The van der Waals surface area contributed by atoms with Crippen LogP contribution in [-0.2, 0) is 32.1 Å². The van der Waals surface area contributed by atoms with Gasteiger partial charge in [-0.2, -0.15) is 0 Å². The normalized spacial score (nSPS) is 10.1. The van der Waals surface area contributed by atoms with E-state index in [1.807, 2.05) is 0 Å². The quantitative estimate of drug-likeness (QED) is 0.661. The Balaban J connectivity index is 1.68. The van der Waals surface area contributed by atoms with Crippen LogP contribution in [0.15, 0.2) is 47.1 Å². The number of furan rings is 1. The number of likely N-dealkylation sites (N-methyl/N-ethyl adjacent to an activating group) is 1. The van der Waals surface area contributed by atoms with E-state index < -0.39 is 18.5 Å². The van der Waals surface area contributed by atoms with Gasteiger partial charge >= 0.3 is 5.97 Å². The zero-order valence-corrected chi connectivity index (χ0v) is 15.3. The molecule has 1 aromatic heterocycles. The molecule has 2 rings (SSSR count). The number of carbonyl (C=O) groups is 3. The molecule has 144 valence electrons. The summed E-state index contributed by atoms with van der Waals surface area (Å²) in [5, 5.41) is 2.63. The van der Waals surface area contributed by atoms with Gasteiger partial charge in [-0.05, 0) is 29.8 Å². The lowest BCUT2D eigenvalue weighted by molar-refractivity contribution is -0.151. The first-order chi connectivity index (χ1) is 13.0. The van der Waals surface area contributed by atoms with Crippen molar-refractivity contribution in [3.05, 3.63) is 54.0 Å². The van der Waals surface area contributed by atoms with Crippen LogP contribution in [0.4, 0.5) is 0 Å². The zero-order chi connectivity index (χ0) is 19.6. The second-order valence-corrected chi connectivity index (χ2v) is 5.79. The maximum Gasteiger partial charge on any atom is 0.310 e. The Morgan fingerprint density at radius 1 is 1.15 bits per heavy atom. The molecule has 0 atom stereocenters. The third-order valence-corrected chi connectivity index (χ3v) is 3.71. The number of hydrogen-bond donors (Lipinski definition) is 1. The van der Waals surface area contributed by atoms with E-state index in [0.717, 1.165) is 5.56 Å². The molecule has 2 amide bonds. The Morgan fingerprint density at radius 2 is 1.89 bits per heavy atom. The number of benzene rings is 1. The Bertz CT molecular complexity index is 755. The number of rotatable bonds is 9. The molecule has 0 fully saturated rings. The minimum absolute atomic E-state index is 0.0463. The Hall–Kier alpha value is -3.29. The Labute approximate surface area is 157 Å². The van der Waals surface area contributed by atoms with E-state index >= 15 is 0 Å². The molecule has 1 aromatic carbocycles. The second-order valence-electron chi connectivity index (χ2n) is 5.79. The van der Waals surface area contributed by atoms with Crippen molar-refractivity contribution in [3.63, 3.8) is 0 Å². The van der Waals surface area contributed by atoms with Crippen molar-refractivity contribution in [2.45, 2.75) is 13.0 Å². The molecule has 8 nitrogen and oxygen atoms in total. The Kier molecular flexibility index (Phi) is 7.42. The summed E-state index contributed by atoms with van der Waals surface area (Å²) < 4.78 is 15.1. The van der Waals surface area contributed by atoms with Crippen molar-refractivity contribution in [1.29, 1.82) is 0 Å². The third-order valence-electron chi connectivity index (χ3n) is 3.71. The summed E-state index contributed by atoms with van der Waals surface area (Å²) in [6.45, 7) is -0.322. The van der Waals surface area contributed by atoms with Crippen molar-refractivity contribution in [3.8, 4) is 5.75 Å². The van der Waals surface area contributed by atoms with Gasteiger partial charge in [0.05, 0.1) is 32.9 Å². The summed E-state index contributed by atoms with van der Waals surface area (Å²) in [5.74, 6) is -0.0266. The predicted octanol–water partition coefficient (Wildman–Crippen LogP) is 1.15. The molecule has 2 aromatic rings. The van der Waals surface area contributed by atoms with E-state index in [4.69, 9.17) is 13.9 Å². The molecule has 0 bridgehead atoms. The minimum Gasteiger partial charge on any atom is -0.497 e. The van der Waals surface area contributed by atoms with E-state index in [1.54, 1.807) is 43.5 Å². The summed E-state index contributed by atoms with van der Waals surface area (Å²) in [6.07, 6.45) is 1.56. The van der Waals surface area contributed by atoms with Crippen LogP contribution < -0.4 is 10.1 Å². The van der Waals surface area contributed by atoms with Gasteiger partial charge in [0.15, 0.2) is 6.61 Å². The average Bonchev–Trinajstić information content (AvgIpc) is 3.18. The number of amides is 2. The first-order valence-corrected chi connectivity index (χ1v) is 8.29. The highest BCUT2D eigenvalue weighted by atomic mass is 16.5. The van der Waals surface area contributed by atoms with Gasteiger partial charge in [0.25, 0.3) is 5.91 Å². The number of nitrogens with one attached hydrogen (secondary N) is 1. The fourth-order valence-corrected chi connectivity index (χ4v) is 2.17. The Morgan fingerprint density at radius 3 is 2.52 bits per heavy atom. The van der Waals surface area contributed by atoms with Gasteiger partial charge in [-0.25, -0.2) is 0 Å². The van der Waals surface area contributed by atoms with Gasteiger partial charge in [0.1, 0.15) is 11.5 Å². The fourth-order valence-electron chi connectivity index (χ4n) is 2.17. The summed E-state index contributed by atoms with van der Waals surface area (Å²) in [4.78, 5) is 36.8. The van der Waals surface area contributed by atoms with Crippen LogP contribution >= 0.6 is 0 Å². The van der Waals surface area contributed by atoms with Gasteiger partial charge in [0, 0.05) is 7.05 Å². The third kappa shape index (κ3) is 6.85. The number of carbonyl (C=O) groups excluding carboxylic acids is 3. The summed E-state index contributed by atoms with van der Waals surface area (Å²) >= 11 is 0. The van der Waals surface area contributed by atoms with Crippen LogP contribution in [-0.4, -0.2) is 50.0 Å². The number of nitrogens with zero attached hydrogens (tertiary/aromatic N) is 1. The number of esters is 1. The molecular weight excluding hydrogens is 352 g/mol. The van der Waals surface area contributed by atoms with Crippen LogP contribution in [0.1, 0.15) is 11.3 Å². The van der Waals surface area contributed by atoms with Crippen molar-refractivity contribution < 1.29 is 28.3 Å². The van der Waals surface area contributed by atoms with Gasteiger partial charge < -0.3 is 24.1 Å². The molecule has 1 N–H and O–H groups in total. The highest BCUT2D eigenvalue weighted by molar-refractivity contribution is 5.86. The molecule has 0 aliphatic heterocycles. The fraction of sp³-hybridized carbons (Fsp3) is 0.316. The molecule has 8 heteroatoms. The van der Waals surface area contributed by atoms with E-state index in [-0.39, 0.29) is 25.4 Å². The lowest BCUT2D eigenvalue weighted by Crippen LogP contribution is -2.40. The van der Waals surface area contributed by atoms with Crippen molar-refractivity contribution >= 4 is 17.8 Å². The topological polar surface area (TPSA) is 98.1 Å². The van der Waals surface area contributed by atoms with Gasteiger partial charge in [-0.1, -0.05) is 12.1 Å². The number of methoxy groups -OCH3 is 1. The van der Waals surface area contributed by atoms with E-state index in [1.165, 1.54) is 18.2 Å². The maximum atomic E-state index is 12.0. The second kappa shape index (κ2) is 10.0. The van der Waals surface area contributed by atoms with E-state index in [0.29, 0.717) is 11.5 Å². The lowest BCUT2D eigenvalue weighted by Gasteiger charge is -2.16. The van der Waals surface area contributed by atoms with Crippen molar-refractivity contribution in [2.24, 2.45) is 0 Å². The smallest absolute Gasteiger partial charge is 0.310 e. The highest BCUT2D eigenvalue weighted by Crippen LogP contribution is 2.12. The summed E-state index contributed by atoms with van der Waals surface area (Å²) in [6, 6.07) is 10.4. The standard InChI is InChI=1S/C19H22N2O6/c1-21(12-17(22)20-11-16-4-3-9-26-16)18(23)13-27-19(24)10-14-5-7-15(25-2)8-6-14/h3-9H,10-13H2,1-2H3,(H,20,22). The molecule has 27 heavy (non-hydrogen) atoms. The molecule has 0 aliphatic carbocycles. The van der Waals surface area contributed by atoms with Crippen LogP contribution in [0.5, 0.6) is 5.75 Å². The lowest BCUT2D eigenvalue weighted by atomic mass is 10.1. The number of ether oxygens (including phenoxy) is 2. The van der Waals surface area contributed by atoms with Gasteiger partial charge in [-0.15, -0.1) is 0 Å². The monoisotopic (exact) mass is 374 g/mol. The number of hydrogen-bond acceptors (Lipinski definition) is 6. The van der Waals surface area contributed by atoms with E-state index in [9.17, 15) is 14.4 Å². The molecule has 0 unspecified atom stereocenters.